The summed E-state index contributed by atoms with van der Waals surface area (Å²) in [4.78, 5) is 15.7. The minimum Gasteiger partial charge on any atom is -0.381 e. The monoisotopic (exact) mass is 245 g/mol. The van der Waals surface area contributed by atoms with Gasteiger partial charge in [0.2, 0.25) is 6.41 Å². The van der Waals surface area contributed by atoms with Crippen molar-refractivity contribution in [1.29, 1.82) is 0 Å². The number of fused-ring (bicyclic) bond motifs is 1. The molecule has 1 aromatic carbocycles. The number of anilines is 2. The number of para-hydroxylation sites is 2. The molecule has 0 radical (unpaired) electrons. The summed E-state index contributed by atoms with van der Waals surface area (Å²) in [6, 6.07) is 8.26. The lowest BCUT2D eigenvalue weighted by Crippen LogP contribution is -2.49. The van der Waals surface area contributed by atoms with Crippen LogP contribution in [0.25, 0.3) is 0 Å². The van der Waals surface area contributed by atoms with Gasteiger partial charge in [0.15, 0.2) is 0 Å². The fourth-order valence-corrected chi connectivity index (χ4v) is 2.93. The zero-order chi connectivity index (χ0) is 12.4. The molecule has 1 fully saturated rings. The quantitative estimate of drug-likeness (QED) is 0.821. The normalized spacial score (nSPS) is 23.6. The van der Waals surface area contributed by atoms with Crippen molar-refractivity contribution in [3.63, 3.8) is 0 Å². The molecule has 4 heteroatoms. The molecule has 1 N–H and O–H groups in total. The standard InChI is InChI=1S/C14H19N3O/c18-11-17-12(10-16-7-3-4-8-16)9-15-13-5-1-2-6-14(13)17/h1-2,5-6,11-12,15H,3-4,7-10H2. The van der Waals surface area contributed by atoms with Crippen molar-refractivity contribution in [3.8, 4) is 0 Å². The van der Waals surface area contributed by atoms with Crippen LogP contribution < -0.4 is 10.2 Å². The third kappa shape index (κ3) is 2.08. The molecule has 0 aromatic heterocycles. The lowest BCUT2D eigenvalue weighted by Gasteiger charge is -2.37. The first-order valence-corrected chi connectivity index (χ1v) is 6.67. The second-order valence-corrected chi connectivity index (χ2v) is 5.07. The van der Waals surface area contributed by atoms with Crippen molar-refractivity contribution >= 4 is 17.8 Å². The minimum atomic E-state index is 0.246. The molecule has 0 bridgehead atoms. The molecule has 1 unspecified atom stereocenters. The van der Waals surface area contributed by atoms with Crippen molar-refractivity contribution in [2.24, 2.45) is 0 Å². The number of rotatable bonds is 3. The lowest BCUT2D eigenvalue weighted by atomic mass is 10.1. The minimum absolute atomic E-state index is 0.246. The van der Waals surface area contributed by atoms with Gasteiger partial charge in [0, 0.05) is 13.1 Å². The van der Waals surface area contributed by atoms with Gasteiger partial charge in [-0.1, -0.05) is 12.1 Å². The van der Waals surface area contributed by atoms with Gasteiger partial charge in [0.1, 0.15) is 0 Å². The summed E-state index contributed by atoms with van der Waals surface area (Å²) in [7, 11) is 0. The molecule has 1 saturated heterocycles. The smallest absolute Gasteiger partial charge is 0.214 e. The van der Waals surface area contributed by atoms with E-state index in [1.165, 1.54) is 25.9 Å². The van der Waals surface area contributed by atoms with Gasteiger partial charge in [-0.05, 0) is 38.1 Å². The van der Waals surface area contributed by atoms with Crippen LogP contribution in [0.4, 0.5) is 11.4 Å². The number of benzene rings is 1. The first-order chi connectivity index (χ1) is 8.88. The number of nitrogens with one attached hydrogen (secondary N) is 1. The number of likely N-dealkylation sites (tertiary alicyclic amines) is 1. The summed E-state index contributed by atoms with van der Waals surface area (Å²) in [5, 5.41) is 3.42. The predicted molar refractivity (Wildman–Crippen MR) is 72.9 cm³/mol. The first-order valence-electron chi connectivity index (χ1n) is 6.67. The van der Waals surface area contributed by atoms with Crippen molar-refractivity contribution in [3.05, 3.63) is 24.3 Å². The average Bonchev–Trinajstić information content (AvgIpc) is 2.91. The van der Waals surface area contributed by atoms with Gasteiger partial charge in [-0.15, -0.1) is 0 Å². The molecule has 3 rings (SSSR count). The number of carbonyl (C=O) groups excluding carboxylic acids is 1. The Morgan fingerprint density at radius 2 is 2.06 bits per heavy atom. The summed E-state index contributed by atoms with van der Waals surface area (Å²) >= 11 is 0. The number of hydrogen-bond acceptors (Lipinski definition) is 3. The molecular formula is C14H19N3O. The van der Waals surface area contributed by atoms with Crippen molar-refractivity contribution < 1.29 is 4.79 Å². The lowest BCUT2D eigenvalue weighted by molar-refractivity contribution is -0.107. The highest BCUT2D eigenvalue weighted by Gasteiger charge is 2.27. The number of nitrogens with zero attached hydrogens (tertiary/aromatic N) is 2. The van der Waals surface area contributed by atoms with Gasteiger partial charge in [-0.3, -0.25) is 4.79 Å². The highest BCUT2D eigenvalue weighted by molar-refractivity contribution is 5.86. The Morgan fingerprint density at radius 1 is 1.28 bits per heavy atom. The SMILES string of the molecule is O=CN1c2ccccc2NCC1CN1CCCC1. The maximum absolute atomic E-state index is 11.4. The Kier molecular flexibility index (Phi) is 3.19. The predicted octanol–water partition coefficient (Wildman–Crippen LogP) is 1.54. The summed E-state index contributed by atoms with van der Waals surface area (Å²) in [5.41, 5.74) is 2.06. The van der Waals surface area contributed by atoms with Gasteiger partial charge in [-0.25, -0.2) is 0 Å². The third-order valence-electron chi connectivity index (χ3n) is 3.88. The average molecular weight is 245 g/mol. The second kappa shape index (κ2) is 4.98. The first kappa shape index (κ1) is 11.5. The Balaban J connectivity index is 1.78. The molecule has 0 spiro atoms. The molecule has 2 aliphatic rings. The van der Waals surface area contributed by atoms with E-state index in [9.17, 15) is 4.79 Å². The van der Waals surface area contributed by atoms with Crippen LogP contribution in [-0.2, 0) is 4.79 Å². The number of hydrogen-bond donors (Lipinski definition) is 1. The van der Waals surface area contributed by atoms with Gasteiger partial charge < -0.3 is 15.1 Å². The van der Waals surface area contributed by atoms with E-state index in [4.69, 9.17) is 0 Å². The Hall–Kier alpha value is -1.55. The molecule has 1 aromatic rings. The zero-order valence-corrected chi connectivity index (χ0v) is 10.5. The summed E-state index contributed by atoms with van der Waals surface area (Å²) < 4.78 is 0. The maximum atomic E-state index is 11.4. The van der Waals surface area contributed by atoms with E-state index in [1.54, 1.807) is 0 Å². The third-order valence-corrected chi connectivity index (χ3v) is 3.88. The van der Waals surface area contributed by atoms with E-state index in [2.05, 4.69) is 10.2 Å². The molecule has 4 nitrogen and oxygen atoms in total. The zero-order valence-electron chi connectivity index (χ0n) is 10.5. The fraction of sp³-hybridized carbons (Fsp3) is 0.500. The molecule has 1 amide bonds. The highest BCUT2D eigenvalue weighted by Crippen LogP contribution is 2.30. The van der Waals surface area contributed by atoms with Gasteiger partial charge in [0.25, 0.3) is 0 Å². The van der Waals surface area contributed by atoms with Crippen LogP contribution in [0.2, 0.25) is 0 Å². The molecule has 1 atom stereocenters. The van der Waals surface area contributed by atoms with Crippen molar-refractivity contribution in [1.82, 2.24) is 4.90 Å². The largest absolute Gasteiger partial charge is 0.381 e. The molecule has 0 saturated carbocycles. The van der Waals surface area contributed by atoms with Crippen molar-refractivity contribution in [2.45, 2.75) is 18.9 Å². The molecule has 96 valence electrons. The van der Waals surface area contributed by atoms with Crippen LogP contribution in [0, 0.1) is 0 Å². The molecule has 2 aliphatic heterocycles. The van der Waals surface area contributed by atoms with E-state index in [-0.39, 0.29) is 6.04 Å². The van der Waals surface area contributed by atoms with Crippen LogP contribution in [0.1, 0.15) is 12.8 Å². The van der Waals surface area contributed by atoms with E-state index in [0.29, 0.717) is 0 Å². The Bertz CT molecular complexity index is 429. The van der Waals surface area contributed by atoms with Crippen LogP contribution in [0.5, 0.6) is 0 Å². The van der Waals surface area contributed by atoms with Gasteiger partial charge in [0.05, 0.1) is 17.4 Å². The fourth-order valence-electron chi connectivity index (χ4n) is 2.93. The van der Waals surface area contributed by atoms with Crippen LogP contribution in [0.3, 0.4) is 0 Å². The molecule has 2 heterocycles. The summed E-state index contributed by atoms with van der Waals surface area (Å²) in [5.74, 6) is 0. The van der Waals surface area contributed by atoms with Gasteiger partial charge in [-0.2, -0.15) is 0 Å². The van der Waals surface area contributed by atoms with E-state index in [1.807, 2.05) is 29.2 Å². The summed E-state index contributed by atoms with van der Waals surface area (Å²) in [6.45, 7) is 4.15. The highest BCUT2D eigenvalue weighted by atomic mass is 16.1. The van der Waals surface area contributed by atoms with Crippen LogP contribution in [0.15, 0.2) is 24.3 Å². The van der Waals surface area contributed by atoms with Crippen LogP contribution >= 0.6 is 0 Å². The van der Waals surface area contributed by atoms with Crippen LogP contribution in [-0.4, -0.2) is 43.5 Å². The number of carbonyl (C=O) groups is 1. The Labute approximate surface area is 108 Å². The topological polar surface area (TPSA) is 35.6 Å². The molecule has 0 aliphatic carbocycles. The van der Waals surface area contributed by atoms with Gasteiger partial charge >= 0.3 is 0 Å². The van der Waals surface area contributed by atoms with E-state index < -0.39 is 0 Å². The molecule has 18 heavy (non-hydrogen) atoms. The van der Waals surface area contributed by atoms with E-state index in [0.717, 1.165) is 30.9 Å². The summed E-state index contributed by atoms with van der Waals surface area (Å²) in [6.07, 6.45) is 3.55. The maximum Gasteiger partial charge on any atom is 0.214 e. The second-order valence-electron chi connectivity index (χ2n) is 5.07. The molecular weight excluding hydrogens is 226 g/mol. The van der Waals surface area contributed by atoms with Crippen molar-refractivity contribution in [2.75, 3.05) is 36.4 Å². The number of amides is 1. The Morgan fingerprint density at radius 3 is 2.83 bits per heavy atom. The van der Waals surface area contributed by atoms with E-state index >= 15 is 0 Å².